The highest BCUT2D eigenvalue weighted by molar-refractivity contribution is 5.62. The van der Waals surface area contributed by atoms with Gasteiger partial charge in [0.05, 0.1) is 0 Å². The molecule has 0 saturated heterocycles. The van der Waals surface area contributed by atoms with E-state index in [2.05, 4.69) is 18.0 Å². The van der Waals surface area contributed by atoms with Gasteiger partial charge in [-0.1, -0.05) is 13.0 Å². The third-order valence-electron chi connectivity index (χ3n) is 1.04. The average Bonchev–Trinajstić information content (AvgIpc) is 1.69. The van der Waals surface area contributed by atoms with Crippen molar-refractivity contribution in [3.63, 3.8) is 0 Å². The molecule has 0 bridgehead atoms. The van der Waals surface area contributed by atoms with Crippen molar-refractivity contribution in [1.29, 1.82) is 0 Å². The minimum atomic E-state index is 0.657. The molecule has 0 spiro atoms. The van der Waals surface area contributed by atoms with Crippen molar-refractivity contribution >= 4 is 6.21 Å². The molecule has 0 aromatic heterocycles. The van der Waals surface area contributed by atoms with Gasteiger partial charge in [0.2, 0.25) is 0 Å². The van der Waals surface area contributed by atoms with Crippen LogP contribution in [-0.2, 0) is 0 Å². The van der Waals surface area contributed by atoms with Crippen LogP contribution >= 0.6 is 0 Å². The maximum Gasteiger partial charge on any atom is 0.0224 e. The summed E-state index contributed by atoms with van der Waals surface area (Å²) in [6.45, 7) is 2.16. The maximum atomic E-state index is 3.95. The van der Waals surface area contributed by atoms with Crippen LogP contribution in [0, 0.1) is 5.92 Å². The highest BCUT2D eigenvalue weighted by Crippen LogP contribution is 2.03. The van der Waals surface area contributed by atoms with Crippen molar-refractivity contribution in [2.24, 2.45) is 10.9 Å². The van der Waals surface area contributed by atoms with E-state index in [9.17, 15) is 0 Å². The smallest absolute Gasteiger partial charge is 0.0224 e. The summed E-state index contributed by atoms with van der Waals surface area (Å²) in [4.78, 5) is 3.95. The molecular formula is C6H9N. The van der Waals surface area contributed by atoms with Gasteiger partial charge in [0.25, 0.3) is 0 Å². The number of rotatable bonds is 0. The van der Waals surface area contributed by atoms with Gasteiger partial charge in [0.15, 0.2) is 0 Å². The predicted octanol–water partition coefficient (Wildman–Crippen LogP) is 1.61. The monoisotopic (exact) mass is 95.1 g/mol. The number of allylic oxidation sites excluding steroid dienone is 1. The van der Waals surface area contributed by atoms with Crippen LogP contribution in [-0.4, -0.2) is 6.21 Å². The molecular weight excluding hydrogens is 86.1 g/mol. The molecule has 1 atom stereocenters. The molecule has 0 aliphatic carbocycles. The Labute approximate surface area is 43.8 Å². The van der Waals surface area contributed by atoms with E-state index in [1.165, 1.54) is 0 Å². The van der Waals surface area contributed by atoms with E-state index in [1.54, 1.807) is 0 Å². The molecule has 0 fully saturated rings. The van der Waals surface area contributed by atoms with Gasteiger partial charge in [0.1, 0.15) is 0 Å². The summed E-state index contributed by atoms with van der Waals surface area (Å²) in [5, 5.41) is 0. The van der Waals surface area contributed by atoms with E-state index in [4.69, 9.17) is 0 Å². The van der Waals surface area contributed by atoms with Crippen molar-refractivity contribution in [1.82, 2.24) is 0 Å². The first-order valence-electron chi connectivity index (χ1n) is 2.58. The molecule has 1 heteroatoms. The number of aliphatic imine (C=N–C) groups is 1. The van der Waals surface area contributed by atoms with E-state index in [0.29, 0.717) is 5.92 Å². The molecule has 0 N–H and O–H groups in total. The van der Waals surface area contributed by atoms with Crippen molar-refractivity contribution in [3.8, 4) is 0 Å². The Morgan fingerprint density at radius 1 is 1.71 bits per heavy atom. The fourth-order valence-corrected chi connectivity index (χ4v) is 0.594. The SMILES string of the molecule is C[C@@H]1C=NC=CC1. The lowest BCUT2D eigenvalue weighted by molar-refractivity contribution is 0.796. The zero-order chi connectivity index (χ0) is 5.11. The van der Waals surface area contributed by atoms with Crippen LogP contribution in [0.1, 0.15) is 13.3 Å². The molecule has 0 saturated carbocycles. The summed E-state index contributed by atoms with van der Waals surface area (Å²) in [6, 6.07) is 0. The summed E-state index contributed by atoms with van der Waals surface area (Å²) in [7, 11) is 0. The Morgan fingerprint density at radius 3 is 2.86 bits per heavy atom. The highest BCUT2D eigenvalue weighted by Gasteiger charge is 1.94. The maximum absolute atomic E-state index is 3.95. The van der Waals surface area contributed by atoms with Crippen molar-refractivity contribution in [3.05, 3.63) is 12.3 Å². The second-order valence-corrected chi connectivity index (χ2v) is 1.90. The molecule has 1 heterocycles. The first-order valence-corrected chi connectivity index (χ1v) is 2.58. The molecule has 0 aromatic rings. The van der Waals surface area contributed by atoms with Crippen LogP contribution < -0.4 is 0 Å². The topological polar surface area (TPSA) is 12.4 Å². The minimum Gasteiger partial charge on any atom is -0.269 e. The van der Waals surface area contributed by atoms with E-state index in [-0.39, 0.29) is 0 Å². The molecule has 0 aromatic carbocycles. The Hall–Kier alpha value is -0.590. The molecule has 38 valence electrons. The number of hydrogen-bond acceptors (Lipinski definition) is 1. The summed E-state index contributed by atoms with van der Waals surface area (Å²) in [5.41, 5.74) is 0. The van der Waals surface area contributed by atoms with E-state index in [0.717, 1.165) is 6.42 Å². The third-order valence-corrected chi connectivity index (χ3v) is 1.04. The van der Waals surface area contributed by atoms with Gasteiger partial charge < -0.3 is 0 Å². The molecule has 0 amide bonds. The summed E-state index contributed by atoms with van der Waals surface area (Å²) < 4.78 is 0. The Morgan fingerprint density at radius 2 is 2.57 bits per heavy atom. The van der Waals surface area contributed by atoms with Gasteiger partial charge in [-0.05, 0) is 12.3 Å². The predicted molar refractivity (Wildman–Crippen MR) is 31.4 cm³/mol. The Kier molecular flexibility index (Phi) is 1.25. The lowest BCUT2D eigenvalue weighted by atomic mass is 10.1. The number of nitrogens with zero attached hydrogens (tertiary/aromatic N) is 1. The second-order valence-electron chi connectivity index (χ2n) is 1.90. The van der Waals surface area contributed by atoms with Crippen LogP contribution in [0.15, 0.2) is 17.3 Å². The summed E-state index contributed by atoms with van der Waals surface area (Å²) in [6.07, 6.45) is 7.06. The van der Waals surface area contributed by atoms with Crippen LogP contribution in [0.4, 0.5) is 0 Å². The first-order chi connectivity index (χ1) is 3.39. The van der Waals surface area contributed by atoms with E-state index in [1.807, 2.05) is 12.4 Å². The van der Waals surface area contributed by atoms with E-state index < -0.39 is 0 Å². The number of hydrogen-bond donors (Lipinski definition) is 0. The Balaban J connectivity index is 2.49. The summed E-state index contributed by atoms with van der Waals surface area (Å²) >= 11 is 0. The van der Waals surface area contributed by atoms with Gasteiger partial charge in [-0.15, -0.1) is 0 Å². The molecule has 1 rings (SSSR count). The van der Waals surface area contributed by atoms with Crippen LogP contribution in [0.3, 0.4) is 0 Å². The van der Waals surface area contributed by atoms with Gasteiger partial charge in [-0.25, -0.2) is 0 Å². The normalized spacial score (nSPS) is 28.4. The second kappa shape index (κ2) is 1.92. The van der Waals surface area contributed by atoms with Crippen molar-refractivity contribution in [2.45, 2.75) is 13.3 Å². The first kappa shape index (κ1) is 4.57. The van der Waals surface area contributed by atoms with Gasteiger partial charge >= 0.3 is 0 Å². The van der Waals surface area contributed by atoms with Gasteiger partial charge in [-0.3, -0.25) is 4.99 Å². The zero-order valence-corrected chi connectivity index (χ0v) is 4.46. The van der Waals surface area contributed by atoms with Gasteiger partial charge in [0, 0.05) is 12.4 Å². The lowest BCUT2D eigenvalue weighted by Crippen LogP contribution is -1.95. The largest absolute Gasteiger partial charge is 0.269 e. The van der Waals surface area contributed by atoms with Crippen molar-refractivity contribution < 1.29 is 0 Å². The average molecular weight is 95.1 g/mol. The Bertz CT molecular complexity index is 103. The highest BCUT2D eigenvalue weighted by atomic mass is 14.7. The quantitative estimate of drug-likeness (QED) is 0.433. The fraction of sp³-hybridized carbons (Fsp3) is 0.500. The van der Waals surface area contributed by atoms with Crippen LogP contribution in [0.2, 0.25) is 0 Å². The third kappa shape index (κ3) is 1.15. The minimum absolute atomic E-state index is 0.657. The molecule has 0 unspecified atom stereocenters. The van der Waals surface area contributed by atoms with Crippen LogP contribution in [0.5, 0.6) is 0 Å². The molecule has 1 aliphatic heterocycles. The standard InChI is InChI=1S/C6H9N/c1-6-3-2-4-7-5-6/h2,4-6H,3H2,1H3/t6-/m0/s1. The molecule has 0 radical (unpaired) electrons. The van der Waals surface area contributed by atoms with Gasteiger partial charge in [-0.2, -0.15) is 0 Å². The molecule has 1 nitrogen and oxygen atoms in total. The molecule has 1 aliphatic rings. The van der Waals surface area contributed by atoms with E-state index >= 15 is 0 Å². The fourth-order valence-electron chi connectivity index (χ4n) is 0.594. The molecule has 7 heavy (non-hydrogen) atoms. The lowest BCUT2D eigenvalue weighted by Gasteiger charge is -2.01. The summed E-state index contributed by atoms with van der Waals surface area (Å²) in [5.74, 6) is 0.657. The van der Waals surface area contributed by atoms with Crippen LogP contribution in [0.25, 0.3) is 0 Å². The zero-order valence-electron chi connectivity index (χ0n) is 4.46. The van der Waals surface area contributed by atoms with Crippen molar-refractivity contribution in [2.75, 3.05) is 0 Å².